The Bertz CT molecular complexity index is 490. The molecule has 21 heavy (non-hydrogen) atoms. The SMILES string of the molecule is O=C(N[C@H](c1cccc(Cl)c1)C1CCCC1)C1CCCC1. The van der Waals surface area contributed by atoms with Gasteiger partial charge in [0.15, 0.2) is 0 Å². The number of hydrogen-bond donors (Lipinski definition) is 1. The number of carbonyl (C=O) groups excluding carboxylic acids is 1. The van der Waals surface area contributed by atoms with Crippen molar-refractivity contribution in [2.75, 3.05) is 0 Å². The lowest BCUT2D eigenvalue weighted by Gasteiger charge is -2.27. The molecule has 1 amide bonds. The first kappa shape index (κ1) is 14.9. The highest BCUT2D eigenvalue weighted by molar-refractivity contribution is 6.30. The number of benzene rings is 1. The number of hydrogen-bond acceptors (Lipinski definition) is 1. The van der Waals surface area contributed by atoms with Crippen LogP contribution in [0.25, 0.3) is 0 Å². The lowest BCUT2D eigenvalue weighted by atomic mass is 9.91. The van der Waals surface area contributed by atoms with E-state index in [2.05, 4.69) is 11.4 Å². The first-order valence-corrected chi connectivity index (χ1v) is 8.67. The van der Waals surface area contributed by atoms with E-state index in [-0.39, 0.29) is 17.9 Å². The van der Waals surface area contributed by atoms with E-state index in [1.54, 1.807) is 0 Å². The number of nitrogens with one attached hydrogen (secondary N) is 1. The number of halogens is 1. The molecule has 3 rings (SSSR count). The zero-order valence-electron chi connectivity index (χ0n) is 12.5. The van der Waals surface area contributed by atoms with Gasteiger partial charge in [-0.1, -0.05) is 49.4 Å². The summed E-state index contributed by atoms with van der Waals surface area (Å²) in [6.45, 7) is 0. The van der Waals surface area contributed by atoms with Crippen LogP contribution in [-0.4, -0.2) is 5.91 Å². The summed E-state index contributed by atoms with van der Waals surface area (Å²) in [6.07, 6.45) is 9.48. The molecule has 0 aromatic heterocycles. The first-order valence-electron chi connectivity index (χ1n) is 8.30. The number of carbonyl (C=O) groups is 1. The molecule has 1 aromatic rings. The van der Waals surface area contributed by atoms with Crippen LogP contribution in [0.5, 0.6) is 0 Å². The fourth-order valence-corrected chi connectivity index (χ4v) is 4.12. The van der Waals surface area contributed by atoms with Gasteiger partial charge in [-0.2, -0.15) is 0 Å². The molecule has 2 nitrogen and oxygen atoms in total. The highest BCUT2D eigenvalue weighted by Gasteiger charge is 2.31. The Labute approximate surface area is 132 Å². The Morgan fingerprint density at radius 1 is 1.10 bits per heavy atom. The van der Waals surface area contributed by atoms with Crippen LogP contribution in [0.2, 0.25) is 5.02 Å². The van der Waals surface area contributed by atoms with E-state index >= 15 is 0 Å². The van der Waals surface area contributed by atoms with Gasteiger partial charge in [0, 0.05) is 10.9 Å². The Kier molecular flexibility index (Phi) is 4.84. The van der Waals surface area contributed by atoms with Gasteiger partial charge in [0.05, 0.1) is 6.04 Å². The summed E-state index contributed by atoms with van der Waals surface area (Å²) in [4.78, 5) is 12.5. The first-order chi connectivity index (χ1) is 10.2. The molecule has 0 bridgehead atoms. The van der Waals surface area contributed by atoms with Crippen LogP contribution in [0, 0.1) is 11.8 Å². The van der Waals surface area contributed by atoms with Crippen LogP contribution in [0.15, 0.2) is 24.3 Å². The molecule has 0 spiro atoms. The van der Waals surface area contributed by atoms with Gasteiger partial charge < -0.3 is 5.32 Å². The van der Waals surface area contributed by atoms with Crippen molar-refractivity contribution in [2.45, 2.75) is 57.4 Å². The van der Waals surface area contributed by atoms with Crippen LogP contribution in [-0.2, 0) is 4.79 Å². The quantitative estimate of drug-likeness (QED) is 0.844. The summed E-state index contributed by atoms with van der Waals surface area (Å²) in [5, 5.41) is 4.10. The maximum Gasteiger partial charge on any atom is 0.223 e. The third-order valence-electron chi connectivity index (χ3n) is 5.10. The molecule has 0 unspecified atom stereocenters. The molecule has 2 saturated carbocycles. The maximum atomic E-state index is 12.5. The molecule has 0 radical (unpaired) electrons. The Morgan fingerprint density at radius 3 is 2.43 bits per heavy atom. The van der Waals surface area contributed by atoms with E-state index in [1.165, 1.54) is 44.1 Å². The van der Waals surface area contributed by atoms with Gasteiger partial charge >= 0.3 is 0 Å². The van der Waals surface area contributed by atoms with E-state index < -0.39 is 0 Å². The molecule has 2 aliphatic rings. The molecule has 1 aromatic carbocycles. The fraction of sp³-hybridized carbons (Fsp3) is 0.611. The summed E-state index contributed by atoms with van der Waals surface area (Å²) in [6, 6.07) is 8.14. The van der Waals surface area contributed by atoms with Gasteiger partial charge in [-0.15, -0.1) is 0 Å². The lowest BCUT2D eigenvalue weighted by Crippen LogP contribution is -2.36. The molecule has 0 saturated heterocycles. The fourth-order valence-electron chi connectivity index (χ4n) is 3.92. The minimum atomic E-state index is 0.138. The van der Waals surface area contributed by atoms with Crippen LogP contribution < -0.4 is 5.32 Å². The van der Waals surface area contributed by atoms with Crippen molar-refractivity contribution in [1.29, 1.82) is 0 Å². The predicted molar refractivity (Wildman–Crippen MR) is 86.3 cm³/mol. The second-order valence-corrected chi connectivity index (χ2v) is 7.00. The second-order valence-electron chi connectivity index (χ2n) is 6.57. The molecule has 114 valence electrons. The molecule has 1 N–H and O–H groups in total. The van der Waals surface area contributed by atoms with E-state index in [9.17, 15) is 4.79 Å². The van der Waals surface area contributed by atoms with E-state index in [0.717, 1.165) is 17.9 Å². The van der Waals surface area contributed by atoms with E-state index in [1.807, 2.05) is 18.2 Å². The Morgan fingerprint density at radius 2 is 1.76 bits per heavy atom. The van der Waals surface area contributed by atoms with Gasteiger partial charge in [-0.3, -0.25) is 4.79 Å². The summed E-state index contributed by atoms with van der Waals surface area (Å²) < 4.78 is 0. The molecule has 1 atom stereocenters. The summed E-state index contributed by atoms with van der Waals surface area (Å²) >= 11 is 6.15. The van der Waals surface area contributed by atoms with Crippen molar-refractivity contribution in [1.82, 2.24) is 5.32 Å². The third-order valence-corrected chi connectivity index (χ3v) is 5.34. The van der Waals surface area contributed by atoms with Crippen LogP contribution in [0.1, 0.15) is 63.0 Å². The predicted octanol–water partition coefficient (Wildman–Crippen LogP) is 4.88. The highest BCUT2D eigenvalue weighted by atomic mass is 35.5. The van der Waals surface area contributed by atoms with Gasteiger partial charge in [0.2, 0.25) is 5.91 Å². The monoisotopic (exact) mass is 305 g/mol. The summed E-state index contributed by atoms with van der Waals surface area (Å²) in [5.74, 6) is 1.05. The van der Waals surface area contributed by atoms with Crippen molar-refractivity contribution < 1.29 is 4.79 Å². The number of amides is 1. The van der Waals surface area contributed by atoms with E-state index in [0.29, 0.717) is 5.92 Å². The Balaban J connectivity index is 1.77. The van der Waals surface area contributed by atoms with Crippen molar-refractivity contribution >= 4 is 17.5 Å². The minimum absolute atomic E-state index is 0.138. The normalized spacial score (nSPS) is 21.6. The molecule has 0 heterocycles. The molecular formula is C18H24ClNO. The second kappa shape index (κ2) is 6.83. The van der Waals surface area contributed by atoms with Crippen LogP contribution >= 0.6 is 11.6 Å². The van der Waals surface area contributed by atoms with E-state index in [4.69, 9.17) is 11.6 Å². The Hall–Kier alpha value is -1.02. The maximum absolute atomic E-state index is 12.5. The smallest absolute Gasteiger partial charge is 0.223 e. The molecule has 2 fully saturated rings. The van der Waals surface area contributed by atoms with Crippen molar-refractivity contribution in [3.05, 3.63) is 34.9 Å². The molecule has 2 aliphatic carbocycles. The standard InChI is InChI=1S/C18H24ClNO/c19-16-11-5-10-15(12-16)17(13-6-1-2-7-13)20-18(21)14-8-3-4-9-14/h5,10-14,17H,1-4,6-9H2,(H,20,21)/t17-/m0/s1. The van der Waals surface area contributed by atoms with Gasteiger partial charge in [-0.05, 0) is 49.3 Å². The molecule has 3 heteroatoms. The third kappa shape index (κ3) is 3.60. The zero-order valence-corrected chi connectivity index (χ0v) is 13.2. The number of rotatable bonds is 4. The topological polar surface area (TPSA) is 29.1 Å². The molecular weight excluding hydrogens is 282 g/mol. The van der Waals surface area contributed by atoms with Crippen LogP contribution in [0.4, 0.5) is 0 Å². The summed E-state index contributed by atoms with van der Waals surface area (Å²) in [7, 11) is 0. The summed E-state index contributed by atoms with van der Waals surface area (Å²) in [5.41, 5.74) is 1.17. The van der Waals surface area contributed by atoms with Gasteiger partial charge in [0.1, 0.15) is 0 Å². The van der Waals surface area contributed by atoms with Crippen molar-refractivity contribution in [3.8, 4) is 0 Å². The zero-order chi connectivity index (χ0) is 14.7. The lowest BCUT2D eigenvalue weighted by molar-refractivity contribution is -0.126. The average Bonchev–Trinajstić information content (AvgIpc) is 3.17. The minimum Gasteiger partial charge on any atom is -0.349 e. The van der Waals surface area contributed by atoms with Crippen molar-refractivity contribution in [3.63, 3.8) is 0 Å². The molecule has 0 aliphatic heterocycles. The average molecular weight is 306 g/mol. The van der Waals surface area contributed by atoms with Gasteiger partial charge in [-0.25, -0.2) is 0 Å². The van der Waals surface area contributed by atoms with Crippen LogP contribution in [0.3, 0.4) is 0 Å². The largest absolute Gasteiger partial charge is 0.349 e. The van der Waals surface area contributed by atoms with Crippen molar-refractivity contribution in [2.24, 2.45) is 11.8 Å². The van der Waals surface area contributed by atoms with Gasteiger partial charge in [0.25, 0.3) is 0 Å². The highest BCUT2D eigenvalue weighted by Crippen LogP contribution is 2.37.